The zero-order valence-electron chi connectivity index (χ0n) is 13.4. The van der Waals surface area contributed by atoms with Gasteiger partial charge in [-0.1, -0.05) is 27.7 Å². The Balaban J connectivity index is 2.36. The highest BCUT2D eigenvalue weighted by atomic mass is 16.2. The molecule has 4 nitrogen and oxygen atoms in total. The van der Waals surface area contributed by atoms with Crippen LogP contribution < -0.4 is 0 Å². The Morgan fingerprint density at radius 2 is 1.65 bits per heavy atom. The molecule has 2 heterocycles. The zero-order valence-corrected chi connectivity index (χ0v) is 13.4. The van der Waals surface area contributed by atoms with Gasteiger partial charge in [0.1, 0.15) is 12.1 Å². The van der Waals surface area contributed by atoms with Gasteiger partial charge in [-0.15, -0.1) is 0 Å². The van der Waals surface area contributed by atoms with E-state index in [1.165, 1.54) is 0 Å². The molecule has 0 aliphatic carbocycles. The molecule has 0 aromatic carbocycles. The third-order valence-corrected chi connectivity index (χ3v) is 4.91. The molecule has 4 heteroatoms. The molecule has 0 N–H and O–H groups in total. The van der Waals surface area contributed by atoms with Crippen LogP contribution in [0.15, 0.2) is 0 Å². The fraction of sp³-hybridized carbons (Fsp3) is 0.875. The molecule has 2 rings (SSSR count). The first-order valence-corrected chi connectivity index (χ1v) is 7.99. The molecule has 0 radical (unpaired) electrons. The predicted molar refractivity (Wildman–Crippen MR) is 79.1 cm³/mol. The van der Waals surface area contributed by atoms with Crippen molar-refractivity contribution in [2.75, 3.05) is 6.54 Å². The normalized spacial score (nSPS) is 29.1. The lowest BCUT2D eigenvalue weighted by Gasteiger charge is -2.51. The van der Waals surface area contributed by atoms with Crippen molar-refractivity contribution in [2.45, 2.75) is 72.0 Å². The number of nitrogens with zero attached hydrogens (tertiary/aromatic N) is 2. The number of amides is 2. The maximum atomic E-state index is 12.9. The molecule has 0 aromatic rings. The summed E-state index contributed by atoms with van der Waals surface area (Å²) in [7, 11) is 0. The van der Waals surface area contributed by atoms with Crippen LogP contribution in [0, 0.1) is 11.8 Å². The standard InChI is InChI=1S/C16H28N2O2/c1-10(2)12(5)18-14(11(3)4)16(20)17-9-7-6-8-13(17)15(18)19/h10-14H,6-9H2,1-5H3. The predicted octanol–water partition coefficient (Wildman–Crippen LogP) is 2.28. The first-order valence-electron chi connectivity index (χ1n) is 7.99. The maximum Gasteiger partial charge on any atom is 0.246 e. The minimum Gasteiger partial charge on any atom is -0.329 e. The highest BCUT2D eigenvalue weighted by molar-refractivity contribution is 5.97. The second-order valence-corrected chi connectivity index (χ2v) is 6.96. The van der Waals surface area contributed by atoms with Gasteiger partial charge in [-0.3, -0.25) is 9.59 Å². The Morgan fingerprint density at radius 3 is 2.20 bits per heavy atom. The summed E-state index contributed by atoms with van der Waals surface area (Å²) in [5.41, 5.74) is 0. The van der Waals surface area contributed by atoms with E-state index in [1.807, 2.05) is 23.6 Å². The number of carbonyl (C=O) groups is 2. The third kappa shape index (κ3) is 2.45. The molecular formula is C16H28N2O2. The number of fused-ring (bicyclic) bond motifs is 1. The largest absolute Gasteiger partial charge is 0.329 e. The lowest BCUT2D eigenvalue weighted by atomic mass is 9.88. The minimum absolute atomic E-state index is 0.114. The molecule has 2 amide bonds. The second-order valence-electron chi connectivity index (χ2n) is 6.96. The van der Waals surface area contributed by atoms with Crippen molar-refractivity contribution < 1.29 is 9.59 Å². The topological polar surface area (TPSA) is 40.6 Å². The van der Waals surface area contributed by atoms with E-state index in [-0.39, 0.29) is 35.9 Å². The van der Waals surface area contributed by atoms with Gasteiger partial charge in [-0.25, -0.2) is 0 Å². The van der Waals surface area contributed by atoms with Gasteiger partial charge in [0.25, 0.3) is 0 Å². The van der Waals surface area contributed by atoms with Crippen molar-refractivity contribution >= 4 is 11.8 Å². The Labute approximate surface area is 122 Å². The highest BCUT2D eigenvalue weighted by Gasteiger charge is 2.49. The zero-order chi connectivity index (χ0) is 15.0. The number of rotatable bonds is 3. The van der Waals surface area contributed by atoms with E-state index in [9.17, 15) is 9.59 Å². The van der Waals surface area contributed by atoms with Crippen LogP contribution in [-0.4, -0.2) is 46.3 Å². The molecule has 3 atom stereocenters. The van der Waals surface area contributed by atoms with Gasteiger partial charge in [0.2, 0.25) is 11.8 Å². The monoisotopic (exact) mass is 280 g/mol. The van der Waals surface area contributed by atoms with Crippen molar-refractivity contribution in [3.63, 3.8) is 0 Å². The average molecular weight is 280 g/mol. The molecule has 2 aliphatic heterocycles. The van der Waals surface area contributed by atoms with E-state index in [2.05, 4.69) is 20.8 Å². The summed E-state index contributed by atoms with van der Waals surface area (Å²) >= 11 is 0. The van der Waals surface area contributed by atoms with Crippen LogP contribution in [0.2, 0.25) is 0 Å². The van der Waals surface area contributed by atoms with E-state index in [0.29, 0.717) is 5.92 Å². The molecule has 0 spiro atoms. The van der Waals surface area contributed by atoms with Gasteiger partial charge in [-0.05, 0) is 38.0 Å². The van der Waals surface area contributed by atoms with E-state index in [4.69, 9.17) is 0 Å². The van der Waals surface area contributed by atoms with Crippen molar-refractivity contribution in [3.8, 4) is 0 Å². The fourth-order valence-corrected chi connectivity index (χ4v) is 3.43. The highest BCUT2D eigenvalue weighted by Crippen LogP contribution is 2.31. The van der Waals surface area contributed by atoms with E-state index >= 15 is 0 Å². The van der Waals surface area contributed by atoms with Gasteiger partial charge in [0.15, 0.2) is 0 Å². The van der Waals surface area contributed by atoms with Crippen molar-refractivity contribution in [3.05, 3.63) is 0 Å². The summed E-state index contributed by atoms with van der Waals surface area (Å²) in [5.74, 6) is 0.861. The van der Waals surface area contributed by atoms with Gasteiger partial charge >= 0.3 is 0 Å². The Morgan fingerprint density at radius 1 is 1.00 bits per heavy atom. The summed E-state index contributed by atoms with van der Waals surface area (Å²) in [4.78, 5) is 29.5. The van der Waals surface area contributed by atoms with Gasteiger partial charge < -0.3 is 9.80 Å². The van der Waals surface area contributed by atoms with Crippen molar-refractivity contribution in [1.29, 1.82) is 0 Å². The molecule has 2 saturated heterocycles. The Kier molecular flexibility index (Phi) is 4.40. The quantitative estimate of drug-likeness (QED) is 0.796. The van der Waals surface area contributed by atoms with Crippen LogP contribution >= 0.6 is 0 Å². The SMILES string of the molecule is CC(C)C(C)N1C(=O)C2CCCCN2C(=O)C1C(C)C. The van der Waals surface area contributed by atoms with Crippen LogP contribution in [0.1, 0.15) is 53.9 Å². The lowest BCUT2D eigenvalue weighted by molar-refractivity contribution is -0.169. The van der Waals surface area contributed by atoms with Gasteiger partial charge in [0.05, 0.1) is 0 Å². The number of hydrogen-bond donors (Lipinski definition) is 0. The fourth-order valence-electron chi connectivity index (χ4n) is 3.43. The van der Waals surface area contributed by atoms with Crippen LogP contribution in [0.25, 0.3) is 0 Å². The van der Waals surface area contributed by atoms with Crippen LogP contribution in [0.4, 0.5) is 0 Å². The summed E-state index contributed by atoms with van der Waals surface area (Å²) < 4.78 is 0. The van der Waals surface area contributed by atoms with E-state index in [0.717, 1.165) is 25.8 Å². The third-order valence-electron chi connectivity index (χ3n) is 4.91. The minimum atomic E-state index is -0.283. The molecule has 20 heavy (non-hydrogen) atoms. The Hall–Kier alpha value is -1.06. The number of carbonyl (C=O) groups excluding carboxylic acids is 2. The average Bonchev–Trinajstić information content (AvgIpc) is 2.41. The first-order chi connectivity index (χ1) is 9.36. The van der Waals surface area contributed by atoms with Crippen molar-refractivity contribution in [1.82, 2.24) is 9.80 Å². The second kappa shape index (κ2) is 5.74. The summed E-state index contributed by atoms with van der Waals surface area (Å²) in [5, 5.41) is 0. The molecule has 0 bridgehead atoms. The number of piperazine rings is 1. The maximum absolute atomic E-state index is 12.9. The lowest BCUT2D eigenvalue weighted by Crippen LogP contribution is -2.69. The molecule has 2 fully saturated rings. The molecule has 0 saturated carbocycles. The van der Waals surface area contributed by atoms with Crippen LogP contribution in [0.3, 0.4) is 0 Å². The summed E-state index contributed by atoms with van der Waals surface area (Å²) in [6.45, 7) is 11.1. The summed E-state index contributed by atoms with van der Waals surface area (Å²) in [6, 6.07) is -0.371. The first kappa shape index (κ1) is 15.3. The molecular weight excluding hydrogens is 252 g/mol. The van der Waals surface area contributed by atoms with E-state index in [1.54, 1.807) is 0 Å². The summed E-state index contributed by atoms with van der Waals surface area (Å²) in [6.07, 6.45) is 2.91. The number of piperidine rings is 1. The molecule has 114 valence electrons. The van der Waals surface area contributed by atoms with Gasteiger partial charge in [0, 0.05) is 12.6 Å². The van der Waals surface area contributed by atoms with Crippen LogP contribution in [0.5, 0.6) is 0 Å². The molecule has 0 aromatic heterocycles. The van der Waals surface area contributed by atoms with Crippen LogP contribution in [-0.2, 0) is 9.59 Å². The molecule has 2 aliphatic rings. The van der Waals surface area contributed by atoms with E-state index < -0.39 is 0 Å². The molecule has 3 unspecified atom stereocenters. The number of hydrogen-bond acceptors (Lipinski definition) is 2. The smallest absolute Gasteiger partial charge is 0.246 e. The van der Waals surface area contributed by atoms with Crippen molar-refractivity contribution in [2.24, 2.45) is 11.8 Å². The Bertz CT molecular complexity index is 392. The van der Waals surface area contributed by atoms with Gasteiger partial charge in [-0.2, -0.15) is 0 Å².